The van der Waals surface area contributed by atoms with Crippen molar-refractivity contribution in [1.82, 2.24) is 10.3 Å². The molecule has 1 aromatic heterocycles. The molecule has 0 atom stereocenters. The Morgan fingerprint density at radius 3 is 2.71 bits per heavy atom. The van der Waals surface area contributed by atoms with Crippen molar-refractivity contribution in [2.45, 2.75) is 32.8 Å². The molecule has 1 N–H and O–H groups in total. The first-order valence-electron chi connectivity index (χ1n) is 8.05. The SMILES string of the molecule is COc1ccc(-c2csc(CCC(=O)NCCOC(C)C)n2)cc1. The molecular weight excluding hydrogens is 324 g/mol. The number of nitrogens with zero attached hydrogens (tertiary/aromatic N) is 1. The van der Waals surface area contributed by atoms with Gasteiger partial charge in [0.25, 0.3) is 0 Å². The van der Waals surface area contributed by atoms with E-state index in [1.807, 2.05) is 43.5 Å². The zero-order valence-corrected chi connectivity index (χ0v) is 15.2. The van der Waals surface area contributed by atoms with E-state index in [-0.39, 0.29) is 12.0 Å². The summed E-state index contributed by atoms with van der Waals surface area (Å²) in [7, 11) is 1.65. The first-order valence-corrected chi connectivity index (χ1v) is 8.93. The van der Waals surface area contributed by atoms with Crippen LogP contribution >= 0.6 is 11.3 Å². The molecule has 1 heterocycles. The first-order chi connectivity index (χ1) is 11.6. The van der Waals surface area contributed by atoms with E-state index >= 15 is 0 Å². The summed E-state index contributed by atoms with van der Waals surface area (Å²) < 4.78 is 10.5. The number of aromatic nitrogens is 1. The molecule has 6 heteroatoms. The van der Waals surface area contributed by atoms with Crippen molar-refractivity contribution in [2.75, 3.05) is 20.3 Å². The summed E-state index contributed by atoms with van der Waals surface area (Å²) in [5, 5.41) is 5.84. The van der Waals surface area contributed by atoms with Crippen LogP contribution in [0.5, 0.6) is 5.75 Å². The van der Waals surface area contributed by atoms with Gasteiger partial charge in [0, 0.05) is 30.3 Å². The molecule has 0 aliphatic rings. The number of amides is 1. The summed E-state index contributed by atoms with van der Waals surface area (Å²) in [5.74, 6) is 0.857. The minimum atomic E-state index is 0.0311. The van der Waals surface area contributed by atoms with E-state index in [0.29, 0.717) is 26.0 Å². The lowest BCUT2D eigenvalue weighted by molar-refractivity contribution is -0.121. The minimum absolute atomic E-state index is 0.0311. The monoisotopic (exact) mass is 348 g/mol. The van der Waals surface area contributed by atoms with E-state index in [9.17, 15) is 4.79 Å². The zero-order chi connectivity index (χ0) is 17.4. The summed E-state index contributed by atoms with van der Waals surface area (Å²) in [6.07, 6.45) is 1.28. The Kier molecular flexibility index (Phi) is 7.21. The van der Waals surface area contributed by atoms with E-state index in [2.05, 4.69) is 10.3 Å². The van der Waals surface area contributed by atoms with Crippen LogP contribution in [0.3, 0.4) is 0 Å². The summed E-state index contributed by atoms with van der Waals surface area (Å²) >= 11 is 1.58. The molecule has 1 amide bonds. The Hall–Kier alpha value is -1.92. The van der Waals surface area contributed by atoms with Gasteiger partial charge in [-0.05, 0) is 38.1 Å². The number of thiazole rings is 1. The number of rotatable bonds is 9. The van der Waals surface area contributed by atoms with Gasteiger partial charge in [-0.2, -0.15) is 0 Å². The number of methoxy groups -OCH3 is 1. The van der Waals surface area contributed by atoms with Gasteiger partial charge in [-0.3, -0.25) is 4.79 Å². The van der Waals surface area contributed by atoms with Crippen molar-refractivity contribution < 1.29 is 14.3 Å². The Balaban J connectivity index is 1.77. The highest BCUT2D eigenvalue weighted by Gasteiger charge is 2.08. The summed E-state index contributed by atoms with van der Waals surface area (Å²) in [6.45, 7) is 5.05. The first kappa shape index (κ1) is 18.4. The van der Waals surface area contributed by atoms with Gasteiger partial charge in [-0.25, -0.2) is 4.98 Å². The Morgan fingerprint density at radius 1 is 1.29 bits per heavy atom. The normalized spacial score (nSPS) is 10.8. The molecule has 0 aliphatic heterocycles. The maximum Gasteiger partial charge on any atom is 0.220 e. The van der Waals surface area contributed by atoms with Gasteiger partial charge >= 0.3 is 0 Å². The van der Waals surface area contributed by atoms with Crippen molar-refractivity contribution >= 4 is 17.2 Å². The molecule has 0 radical (unpaired) electrons. The van der Waals surface area contributed by atoms with Gasteiger partial charge in [0.05, 0.1) is 30.5 Å². The molecule has 0 aliphatic carbocycles. The lowest BCUT2D eigenvalue weighted by Crippen LogP contribution is -2.28. The van der Waals surface area contributed by atoms with Gasteiger partial charge < -0.3 is 14.8 Å². The maximum atomic E-state index is 11.8. The molecule has 0 saturated carbocycles. The predicted octanol–water partition coefficient (Wildman–Crippen LogP) is 3.29. The fourth-order valence-corrected chi connectivity index (χ4v) is 2.92. The fraction of sp³-hybridized carbons (Fsp3) is 0.444. The molecule has 2 rings (SSSR count). The van der Waals surface area contributed by atoms with Gasteiger partial charge in [-0.15, -0.1) is 11.3 Å². The number of ether oxygens (including phenoxy) is 2. The Bertz CT molecular complexity index is 638. The third kappa shape index (κ3) is 5.94. The van der Waals surface area contributed by atoms with Crippen LogP contribution in [-0.2, 0) is 16.0 Å². The van der Waals surface area contributed by atoms with Crippen LogP contribution in [0.15, 0.2) is 29.6 Å². The van der Waals surface area contributed by atoms with Crippen molar-refractivity contribution in [3.05, 3.63) is 34.7 Å². The highest BCUT2D eigenvalue weighted by atomic mass is 32.1. The number of carbonyl (C=O) groups excluding carboxylic acids is 1. The average molecular weight is 348 g/mol. The van der Waals surface area contributed by atoms with E-state index in [4.69, 9.17) is 9.47 Å². The molecule has 0 bridgehead atoms. The summed E-state index contributed by atoms with van der Waals surface area (Å²) in [5.41, 5.74) is 1.98. The lowest BCUT2D eigenvalue weighted by Gasteiger charge is -2.08. The fourth-order valence-electron chi connectivity index (χ4n) is 2.11. The molecule has 0 unspecified atom stereocenters. The van der Waals surface area contributed by atoms with Crippen LogP contribution in [0.1, 0.15) is 25.3 Å². The van der Waals surface area contributed by atoms with Crippen LogP contribution in [0, 0.1) is 0 Å². The third-order valence-electron chi connectivity index (χ3n) is 3.38. The average Bonchev–Trinajstić information content (AvgIpc) is 3.06. The molecule has 130 valence electrons. The second kappa shape index (κ2) is 9.39. The van der Waals surface area contributed by atoms with Gasteiger partial charge in [0.2, 0.25) is 5.91 Å². The van der Waals surface area contributed by atoms with Crippen LogP contribution in [0.2, 0.25) is 0 Å². The topological polar surface area (TPSA) is 60.5 Å². The smallest absolute Gasteiger partial charge is 0.220 e. The van der Waals surface area contributed by atoms with Crippen LogP contribution in [-0.4, -0.2) is 37.3 Å². The molecule has 5 nitrogen and oxygen atoms in total. The number of nitrogens with one attached hydrogen (secondary N) is 1. The summed E-state index contributed by atoms with van der Waals surface area (Å²) in [6, 6.07) is 7.81. The molecular formula is C18H24N2O3S. The van der Waals surface area contributed by atoms with E-state index in [1.54, 1.807) is 18.4 Å². The van der Waals surface area contributed by atoms with E-state index < -0.39 is 0 Å². The van der Waals surface area contributed by atoms with Crippen LogP contribution < -0.4 is 10.1 Å². The Labute approximate surface area is 147 Å². The van der Waals surface area contributed by atoms with Gasteiger partial charge in [0.15, 0.2) is 0 Å². The standard InChI is InChI=1S/C18H24N2O3S/c1-13(2)23-11-10-19-17(21)8-9-18-20-16(12-24-18)14-4-6-15(22-3)7-5-14/h4-7,12-13H,8-11H2,1-3H3,(H,19,21). The maximum absolute atomic E-state index is 11.8. The van der Waals surface area contributed by atoms with Crippen molar-refractivity contribution in [1.29, 1.82) is 0 Å². The largest absolute Gasteiger partial charge is 0.497 e. The molecule has 2 aromatic rings. The second-order valence-corrected chi connectivity index (χ2v) is 6.57. The number of carbonyl (C=O) groups is 1. The minimum Gasteiger partial charge on any atom is -0.497 e. The van der Waals surface area contributed by atoms with Crippen molar-refractivity contribution in [3.63, 3.8) is 0 Å². The van der Waals surface area contributed by atoms with Gasteiger partial charge in [-0.1, -0.05) is 0 Å². The molecule has 24 heavy (non-hydrogen) atoms. The quantitative estimate of drug-likeness (QED) is 0.707. The lowest BCUT2D eigenvalue weighted by atomic mass is 10.2. The van der Waals surface area contributed by atoms with Crippen molar-refractivity contribution in [3.8, 4) is 17.0 Å². The highest BCUT2D eigenvalue weighted by Crippen LogP contribution is 2.24. The van der Waals surface area contributed by atoms with E-state index in [1.165, 1.54) is 0 Å². The van der Waals surface area contributed by atoms with Crippen LogP contribution in [0.4, 0.5) is 0 Å². The Morgan fingerprint density at radius 2 is 2.04 bits per heavy atom. The number of aryl methyl sites for hydroxylation is 1. The van der Waals surface area contributed by atoms with Crippen molar-refractivity contribution in [2.24, 2.45) is 0 Å². The van der Waals surface area contributed by atoms with E-state index in [0.717, 1.165) is 22.0 Å². The second-order valence-electron chi connectivity index (χ2n) is 5.62. The van der Waals surface area contributed by atoms with Gasteiger partial charge in [0.1, 0.15) is 5.75 Å². The number of hydrogen-bond donors (Lipinski definition) is 1. The predicted molar refractivity (Wildman–Crippen MR) is 96.5 cm³/mol. The molecule has 1 aromatic carbocycles. The molecule has 0 spiro atoms. The molecule has 0 fully saturated rings. The number of hydrogen-bond acceptors (Lipinski definition) is 5. The third-order valence-corrected chi connectivity index (χ3v) is 4.29. The summed E-state index contributed by atoms with van der Waals surface area (Å²) in [4.78, 5) is 16.4. The highest BCUT2D eigenvalue weighted by molar-refractivity contribution is 7.09. The molecule has 0 saturated heterocycles. The van der Waals surface area contributed by atoms with Crippen LogP contribution in [0.25, 0.3) is 11.3 Å². The number of benzene rings is 1. The zero-order valence-electron chi connectivity index (χ0n) is 14.4.